The Hall–Kier alpha value is -4.66. The third-order valence-corrected chi connectivity index (χ3v) is 5.42. The van der Waals surface area contributed by atoms with Crippen molar-refractivity contribution in [1.29, 1.82) is 0 Å². The summed E-state index contributed by atoms with van der Waals surface area (Å²) in [7, 11) is 3.23. The number of methoxy groups -OCH3 is 2. The molecule has 0 amide bonds. The van der Waals surface area contributed by atoms with Crippen LogP contribution in [0.4, 0.5) is 5.69 Å². The molecule has 0 unspecified atom stereocenters. The molecule has 0 aliphatic rings. The van der Waals surface area contributed by atoms with Crippen molar-refractivity contribution in [2.75, 3.05) is 32.8 Å². The fourth-order valence-electron chi connectivity index (χ4n) is 3.37. The molecule has 0 bridgehead atoms. The zero-order valence-corrected chi connectivity index (χ0v) is 22.5. The van der Waals surface area contributed by atoms with Crippen LogP contribution in [-0.2, 0) is 32.3 Å². The molecular formula is C30H33NO8. The molecule has 3 aromatic carbocycles. The smallest absolute Gasteiger partial charge is 0.347 e. The van der Waals surface area contributed by atoms with E-state index in [-0.39, 0.29) is 25.4 Å². The van der Waals surface area contributed by atoms with E-state index in [9.17, 15) is 9.59 Å². The zero-order chi connectivity index (χ0) is 28.0. The van der Waals surface area contributed by atoms with Crippen LogP contribution in [0.2, 0.25) is 0 Å². The number of hydrogen-bond acceptors (Lipinski definition) is 9. The Balaban J connectivity index is 1.82. The molecule has 0 aromatic heterocycles. The van der Waals surface area contributed by atoms with Gasteiger partial charge in [-0.05, 0) is 61.4 Å². The van der Waals surface area contributed by atoms with Gasteiger partial charge in [-0.2, -0.15) is 0 Å². The van der Waals surface area contributed by atoms with Gasteiger partial charge < -0.3 is 33.7 Å². The molecule has 0 atom stereocenters. The quantitative estimate of drug-likeness (QED) is 0.128. The molecule has 3 aromatic rings. The molecule has 0 radical (unpaired) electrons. The number of hydrogen-bond donors (Lipinski definition) is 1. The summed E-state index contributed by atoms with van der Waals surface area (Å²) < 4.78 is 32.6. The first-order valence-electron chi connectivity index (χ1n) is 12.4. The lowest BCUT2D eigenvalue weighted by Crippen LogP contribution is -2.19. The normalized spacial score (nSPS) is 10.2. The fraction of sp³-hybridized carbons (Fsp3) is 0.267. The minimum atomic E-state index is -0.779. The van der Waals surface area contributed by atoms with E-state index < -0.39 is 11.9 Å². The highest BCUT2D eigenvalue weighted by atomic mass is 16.6. The SMILES string of the molecule is CCOC(=O)C(=CNc1ccc(OCc2ccc(OC)cc2)c(OCc2ccc(OC)cc2)c1)C(=O)OCC. The van der Waals surface area contributed by atoms with E-state index >= 15 is 0 Å². The van der Waals surface area contributed by atoms with Crippen molar-refractivity contribution in [2.24, 2.45) is 0 Å². The summed E-state index contributed by atoms with van der Waals surface area (Å²) in [6.45, 7) is 4.15. The van der Waals surface area contributed by atoms with E-state index in [0.29, 0.717) is 23.8 Å². The number of benzene rings is 3. The summed E-state index contributed by atoms with van der Waals surface area (Å²) in [4.78, 5) is 24.5. The van der Waals surface area contributed by atoms with Gasteiger partial charge in [-0.15, -0.1) is 0 Å². The van der Waals surface area contributed by atoms with Crippen LogP contribution in [0.25, 0.3) is 0 Å². The topological polar surface area (TPSA) is 102 Å². The first kappa shape index (κ1) is 28.9. The first-order chi connectivity index (χ1) is 19.0. The van der Waals surface area contributed by atoms with E-state index in [1.54, 1.807) is 46.3 Å². The zero-order valence-electron chi connectivity index (χ0n) is 22.5. The van der Waals surface area contributed by atoms with Gasteiger partial charge in [-0.1, -0.05) is 24.3 Å². The van der Waals surface area contributed by atoms with Gasteiger partial charge in [-0.3, -0.25) is 0 Å². The van der Waals surface area contributed by atoms with Gasteiger partial charge in [0.05, 0.1) is 27.4 Å². The summed E-state index contributed by atoms with van der Waals surface area (Å²) in [5.41, 5.74) is 2.19. The van der Waals surface area contributed by atoms with E-state index in [0.717, 1.165) is 22.6 Å². The predicted octanol–water partition coefficient (Wildman–Crippen LogP) is 5.28. The van der Waals surface area contributed by atoms with Gasteiger partial charge in [0, 0.05) is 18.0 Å². The summed E-state index contributed by atoms with van der Waals surface area (Å²) >= 11 is 0. The van der Waals surface area contributed by atoms with E-state index in [2.05, 4.69) is 5.32 Å². The van der Waals surface area contributed by atoms with E-state index in [4.69, 9.17) is 28.4 Å². The lowest BCUT2D eigenvalue weighted by atomic mass is 10.2. The number of rotatable bonds is 14. The van der Waals surface area contributed by atoms with Crippen LogP contribution in [0.3, 0.4) is 0 Å². The van der Waals surface area contributed by atoms with Crippen LogP contribution in [0, 0.1) is 0 Å². The second-order valence-electron chi connectivity index (χ2n) is 8.08. The van der Waals surface area contributed by atoms with Crippen LogP contribution < -0.4 is 24.3 Å². The summed E-state index contributed by atoms with van der Waals surface area (Å²) in [5.74, 6) is 0.934. The summed E-state index contributed by atoms with van der Waals surface area (Å²) in [5, 5.41) is 2.96. The Morgan fingerprint density at radius 3 is 1.64 bits per heavy atom. The van der Waals surface area contributed by atoms with Gasteiger partial charge in [0.15, 0.2) is 17.1 Å². The highest BCUT2D eigenvalue weighted by Crippen LogP contribution is 2.32. The predicted molar refractivity (Wildman–Crippen MR) is 146 cm³/mol. The van der Waals surface area contributed by atoms with Crippen LogP contribution in [0.15, 0.2) is 78.5 Å². The van der Waals surface area contributed by atoms with Gasteiger partial charge in [0.25, 0.3) is 0 Å². The third-order valence-electron chi connectivity index (χ3n) is 5.42. The molecule has 206 valence electrons. The standard InChI is InChI=1S/C30H33NO8/c1-5-36-29(32)26(30(33)37-6-2)18-31-23-11-16-27(38-19-21-7-12-24(34-3)13-8-21)28(17-23)39-20-22-9-14-25(35-4)15-10-22/h7-18,31H,5-6,19-20H2,1-4H3. The Labute approximate surface area is 228 Å². The fourth-order valence-corrected chi connectivity index (χ4v) is 3.37. The van der Waals surface area contributed by atoms with Crippen molar-refractivity contribution >= 4 is 17.6 Å². The Bertz CT molecular complexity index is 1230. The van der Waals surface area contributed by atoms with Gasteiger partial charge in [0.1, 0.15) is 24.7 Å². The maximum absolute atomic E-state index is 12.3. The number of ether oxygens (including phenoxy) is 6. The van der Waals surface area contributed by atoms with E-state index in [1.165, 1.54) is 6.20 Å². The molecule has 0 aliphatic heterocycles. The second-order valence-corrected chi connectivity index (χ2v) is 8.08. The number of anilines is 1. The molecule has 9 nitrogen and oxygen atoms in total. The minimum absolute atomic E-state index is 0.124. The highest BCUT2D eigenvalue weighted by molar-refractivity contribution is 6.14. The molecule has 0 spiro atoms. The molecule has 1 N–H and O–H groups in total. The molecule has 0 saturated heterocycles. The molecule has 9 heteroatoms. The van der Waals surface area contributed by atoms with Crippen molar-refractivity contribution < 1.29 is 38.0 Å². The second kappa shape index (κ2) is 14.9. The number of carbonyl (C=O) groups excluding carboxylic acids is 2. The monoisotopic (exact) mass is 535 g/mol. The van der Waals surface area contributed by atoms with E-state index in [1.807, 2.05) is 48.5 Å². The van der Waals surface area contributed by atoms with Crippen LogP contribution in [0.5, 0.6) is 23.0 Å². The maximum atomic E-state index is 12.3. The molecule has 0 saturated carbocycles. The van der Waals surface area contributed by atoms with Crippen molar-refractivity contribution in [1.82, 2.24) is 0 Å². The molecular weight excluding hydrogens is 502 g/mol. The number of nitrogens with one attached hydrogen (secondary N) is 1. The minimum Gasteiger partial charge on any atom is -0.497 e. The van der Waals surface area contributed by atoms with Crippen LogP contribution >= 0.6 is 0 Å². The summed E-state index contributed by atoms with van der Waals surface area (Å²) in [6.07, 6.45) is 1.26. The van der Waals surface area contributed by atoms with Gasteiger partial charge in [0.2, 0.25) is 0 Å². The Morgan fingerprint density at radius 2 is 1.18 bits per heavy atom. The Kier molecular flexibility index (Phi) is 11.1. The average Bonchev–Trinajstić information content (AvgIpc) is 2.96. The van der Waals surface area contributed by atoms with Crippen molar-refractivity contribution in [2.45, 2.75) is 27.1 Å². The molecule has 0 fully saturated rings. The number of esters is 2. The van der Waals surface area contributed by atoms with Crippen LogP contribution in [-0.4, -0.2) is 39.4 Å². The van der Waals surface area contributed by atoms with Crippen molar-refractivity contribution in [3.63, 3.8) is 0 Å². The molecule has 3 rings (SSSR count). The van der Waals surface area contributed by atoms with Gasteiger partial charge in [-0.25, -0.2) is 9.59 Å². The maximum Gasteiger partial charge on any atom is 0.347 e. The number of carbonyl (C=O) groups is 2. The lowest BCUT2D eigenvalue weighted by Gasteiger charge is -2.15. The summed E-state index contributed by atoms with van der Waals surface area (Å²) in [6, 6.07) is 20.3. The van der Waals surface area contributed by atoms with Crippen molar-refractivity contribution in [3.8, 4) is 23.0 Å². The molecule has 0 aliphatic carbocycles. The van der Waals surface area contributed by atoms with Crippen LogP contribution in [0.1, 0.15) is 25.0 Å². The Morgan fingerprint density at radius 1 is 0.692 bits per heavy atom. The lowest BCUT2D eigenvalue weighted by molar-refractivity contribution is -0.146. The molecule has 0 heterocycles. The highest BCUT2D eigenvalue weighted by Gasteiger charge is 2.21. The van der Waals surface area contributed by atoms with Crippen molar-refractivity contribution in [3.05, 3.63) is 89.6 Å². The average molecular weight is 536 g/mol. The third kappa shape index (κ3) is 8.70. The largest absolute Gasteiger partial charge is 0.497 e. The molecule has 39 heavy (non-hydrogen) atoms. The first-order valence-corrected chi connectivity index (χ1v) is 12.4. The van der Waals surface area contributed by atoms with Gasteiger partial charge >= 0.3 is 11.9 Å².